The molecule has 0 spiro atoms. The molecule has 1 aliphatic rings. The van der Waals surface area contributed by atoms with Crippen LogP contribution in [0.15, 0.2) is 18.2 Å². The zero-order chi connectivity index (χ0) is 13.2. The molecule has 1 fully saturated rings. The number of benzene rings is 1. The van der Waals surface area contributed by atoms with E-state index in [1.807, 2.05) is 0 Å². The van der Waals surface area contributed by atoms with Crippen molar-refractivity contribution in [2.45, 2.75) is 12.2 Å². The maximum Gasteiger partial charge on any atom is 0.419 e. The van der Waals surface area contributed by atoms with Crippen LogP contribution in [0.1, 0.15) is 17.2 Å². The van der Waals surface area contributed by atoms with E-state index in [0.29, 0.717) is 19.8 Å². The number of halogens is 3. The Morgan fingerprint density at radius 3 is 2.72 bits per heavy atom. The summed E-state index contributed by atoms with van der Waals surface area (Å²) in [6.07, 6.45) is -4.40. The zero-order valence-corrected chi connectivity index (χ0v) is 9.88. The van der Waals surface area contributed by atoms with Crippen molar-refractivity contribution in [3.05, 3.63) is 29.3 Å². The molecular formula is C12H14F3NO2. The van der Waals surface area contributed by atoms with E-state index in [2.05, 4.69) is 5.32 Å². The van der Waals surface area contributed by atoms with Gasteiger partial charge in [0.05, 0.1) is 31.9 Å². The van der Waals surface area contributed by atoms with Crippen LogP contribution in [0.4, 0.5) is 13.2 Å². The predicted octanol–water partition coefficient (Wildman–Crippen LogP) is 2.37. The molecule has 0 aliphatic carbocycles. The van der Waals surface area contributed by atoms with Crippen molar-refractivity contribution in [1.82, 2.24) is 5.32 Å². The molecule has 0 amide bonds. The van der Waals surface area contributed by atoms with Crippen molar-refractivity contribution in [1.29, 1.82) is 0 Å². The van der Waals surface area contributed by atoms with Crippen LogP contribution in [0.25, 0.3) is 0 Å². The standard InChI is InChI=1S/C12H14F3NO2/c1-17-11-6-8(10-7-18-5-4-16-10)2-3-9(11)12(13,14)15/h2-3,6,10,16H,4-5,7H2,1H3. The Morgan fingerprint density at radius 1 is 1.39 bits per heavy atom. The molecule has 18 heavy (non-hydrogen) atoms. The van der Waals surface area contributed by atoms with Crippen LogP contribution in [0, 0.1) is 0 Å². The monoisotopic (exact) mass is 261 g/mol. The average molecular weight is 261 g/mol. The predicted molar refractivity (Wildman–Crippen MR) is 59.6 cm³/mol. The second kappa shape index (κ2) is 5.16. The quantitative estimate of drug-likeness (QED) is 0.886. The minimum atomic E-state index is -4.40. The number of morpholine rings is 1. The van der Waals surface area contributed by atoms with Gasteiger partial charge in [-0.3, -0.25) is 0 Å². The number of rotatable bonds is 2. The Hall–Kier alpha value is -1.27. The summed E-state index contributed by atoms with van der Waals surface area (Å²) >= 11 is 0. The number of ether oxygens (including phenoxy) is 2. The van der Waals surface area contributed by atoms with Crippen molar-refractivity contribution >= 4 is 0 Å². The first kappa shape index (κ1) is 13.2. The highest BCUT2D eigenvalue weighted by Crippen LogP contribution is 2.37. The smallest absolute Gasteiger partial charge is 0.419 e. The van der Waals surface area contributed by atoms with E-state index in [1.165, 1.54) is 19.2 Å². The van der Waals surface area contributed by atoms with E-state index in [-0.39, 0.29) is 11.8 Å². The Morgan fingerprint density at radius 2 is 2.17 bits per heavy atom. The normalized spacial score (nSPS) is 20.8. The van der Waals surface area contributed by atoms with Crippen molar-refractivity contribution < 1.29 is 22.6 Å². The van der Waals surface area contributed by atoms with Gasteiger partial charge >= 0.3 is 6.18 Å². The molecule has 3 nitrogen and oxygen atoms in total. The second-order valence-electron chi connectivity index (χ2n) is 4.04. The van der Waals surface area contributed by atoms with Gasteiger partial charge in [-0.15, -0.1) is 0 Å². The molecular weight excluding hydrogens is 247 g/mol. The third kappa shape index (κ3) is 2.76. The third-order valence-corrected chi connectivity index (χ3v) is 2.86. The number of nitrogens with one attached hydrogen (secondary N) is 1. The molecule has 100 valence electrons. The summed E-state index contributed by atoms with van der Waals surface area (Å²) in [5, 5.41) is 3.18. The van der Waals surface area contributed by atoms with Gasteiger partial charge in [-0.1, -0.05) is 6.07 Å². The van der Waals surface area contributed by atoms with Gasteiger partial charge in [0.25, 0.3) is 0 Å². The fraction of sp³-hybridized carbons (Fsp3) is 0.500. The number of methoxy groups -OCH3 is 1. The highest BCUT2D eigenvalue weighted by atomic mass is 19.4. The Balaban J connectivity index is 2.29. The van der Waals surface area contributed by atoms with Crippen LogP contribution >= 0.6 is 0 Å². The lowest BCUT2D eigenvalue weighted by atomic mass is 10.0. The molecule has 0 saturated carbocycles. The first-order valence-electron chi connectivity index (χ1n) is 5.58. The van der Waals surface area contributed by atoms with Crippen LogP contribution in [-0.4, -0.2) is 26.9 Å². The largest absolute Gasteiger partial charge is 0.496 e. The average Bonchev–Trinajstić information content (AvgIpc) is 2.38. The van der Waals surface area contributed by atoms with Gasteiger partial charge in [0, 0.05) is 6.54 Å². The number of hydrogen-bond donors (Lipinski definition) is 1. The molecule has 1 atom stereocenters. The lowest BCUT2D eigenvalue weighted by Gasteiger charge is -2.25. The fourth-order valence-corrected chi connectivity index (χ4v) is 1.94. The first-order valence-corrected chi connectivity index (χ1v) is 5.58. The molecule has 1 N–H and O–H groups in total. The Kier molecular flexibility index (Phi) is 3.77. The molecule has 2 rings (SSSR count). The fourth-order valence-electron chi connectivity index (χ4n) is 1.94. The molecule has 1 aliphatic heterocycles. The Labute approximate surface area is 103 Å². The number of hydrogen-bond acceptors (Lipinski definition) is 3. The van der Waals surface area contributed by atoms with E-state index in [9.17, 15) is 13.2 Å². The minimum Gasteiger partial charge on any atom is -0.496 e. The first-order chi connectivity index (χ1) is 8.52. The van der Waals surface area contributed by atoms with Crippen molar-refractivity contribution in [3.63, 3.8) is 0 Å². The summed E-state index contributed by atoms with van der Waals surface area (Å²) in [5.74, 6) is -0.160. The number of alkyl halides is 3. The van der Waals surface area contributed by atoms with Crippen molar-refractivity contribution in [2.24, 2.45) is 0 Å². The van der Waals surface area contributed by atoms with E-state index < -0.39 is 11.7 Å². The van der Waals surface area contributed by atoms with Crippen LogP contribution in [0.2, 0.25) is 0 Å². The van der Waals surface area contributed by atoms with Crippen molar-refractivity contribution in [2.75, 3.05) is 26.9 Å². The van der Waals surface area contributed by atoms with Gasteiger partial charge in [-0.2, -0.15) is 13.2 Å². The van der Waals surface area contributed by atoms with E-state index in [1.54, 1.807) is 0 Å². The molecule has 0 bridgehead atoms. The van der Waals surface area contributed by atoms with Gasteiger partial charge in [0.2, 0.25) is 0 Å². The van der Waals surface area contributed by atoms with Gasteiger partial charge in [0.15, 0.2) is 0 Å². The van der Waals surface area contributed by atoms with Crippen LogP contribution in [-0.2, 0) is 10.9 Å². The maximum atomic E-state index is 12.7. The summed E-state index contributed by atoms with van der Waals surface area (Å²) in [7, 11) is 1.24. The zero-order valence-electron chi connectivity index (χ0n) is 9.88. The molecule has 1 aromatic rings. The molecule has 1 unspecified atom stereocenters. The lowest BCUT2D eigenvalue weighted by Crippen LogP contribution is -2.34. The summed E-state index contributed by atoms with van der Waals surface area (Å²) < 4.78 is 48.2. The van der Waals surface area contributed by atoms with Crippen LogP contribution in [0.3, 0.4) is 0 Å². The summed E-state index contributed by atoms with van der Waals surface area (Å²) in [4.78, 5) is 0. The SMILES string of the molecule is COc1cc(C2COCCN2)ccc1C(F)(F)F. The van der Waals surface area contributed by atoms with Gasteiger partial charge in [-0.05, 0) is 17.7 Å². The Bertz CT molecular complexity index is 414. The van der Waals surface area contributed by atoms with Gasteiger partial charge < -0.3 is 14.8 Å². The van der Waals surface area contributed by atoms with Crippen LogP contribution < -0.4 is 10.1 Å². The lowest BCUT2D eigenvalue weighted by molar-refractivity contribution is -0.138. The molecule has 6 heteroatoms. The second-order valence-corrected chi connectivity index (χ2v) is 4.04. The molecule has 1 aromatic carbocycles. The maximum absolute atomic E-state index is 12.7. The van der Waals surface area contributed by atoms with Crippen LogP contribution in [0.5, 0.6) is 5.75 Å². The van der Waals surface area contributed by atoms with E-state index >= 15 is 0 Å². The summed E-state index contributed by atoms with van der Waals surface area (Å²) in [6, 6.07) is 3.83. The highest BCUT2D eigenvalue weighted by molar-refractivity contribution is 5.40. The third-order valence-electron chi connectivity index (χ3n) is 2.86. The summed E-state index contributed by atoms with van der Waals surface area (Å²) in [6.45, 7) is 1.76. The van der Waals surface area contributed by atoms with Gasteiger partial charge in [0.1, 0.15) is 5.75 Å². The van der Waals surface area contributed by atoms with Gasteiger partial charge in [-0.25, -0.2) is 0 Å². The minimum absolute atomic E-state index is 0.0880. The van der Waals surface area contributed by atoms with E-state index in [4.69, 9.17) is 9.47 Å². The molecule has 1 heterocycles. The molecule has 0 radical (unpaired) electrons. The summed E-state index contributed by atoms with van der Waals surface area (Å²) in [5.41, 5.74) is -0.0231. The topological polar surface area (TPSA) is 30.5 Å². The van der Waals surface area contributed by atoms with E-state index in [0.717, 1.165) is 11.6 Å². The molecule has 1 saturated heterocycles. The van der Waals surface area contributed by atoms with Crippen molar-refractivity contribution in [3.8, 4) is 5.75 Å². The molecule has 0 aromatic heterocycles. The highest BCUT2D eigenvalue weighted by Gasteiger charge is 2.34.